The molecule has 1 rings (SSSR count). The van der Waals surface area contributed by atoms with E-state index in [1.165, 1.54) is 7.05 Å². The zero-order chi connectivity index (χ0) is 15.0. The van der Waals surface area contributed by atoms with Crippen molar-refractivity contribution in [2.45, 2.75) is 19.9 Å². The predicted molar refractivity (Wildman–Crippen MR) is 84.5 cm³/mol. The normalized spacial score (nSPS) is 11.6. The summed E-state index contributed by atoms with van der Waals surface area (Å²) in [4.78, 5) is 0. The molecule has 0 aliphatic carbocycles. The molecule has 0 saturated heterocycles. The van der Waals surface area contributed by atoms with Gasteiger partial charge in [0.1, 0.15) is 5.75 Å². The van der Waals surface area contributed by atoms with E-state index in [2.05, 4.69) is 32.9 Å². The number of rotatable bonds is 9. The number of hydrogen-bond acceptors (Lipinski definition) is 4. The van der Waals surface area contributed by atoms with Gasteiger partial charge < -0.3 is 10.1 Å². The Bertz CT molecular complexity index is 520. The lowest BCUT2D eigenvalue weighted by atomic mass is 10.2. The second-order valence-electron chi connectivity index (χ2n) is 4.30. The van der Waals surface area contributed by atoms with Crippen molar-refractivity contribution in [2.75, 3.05) is 26.0 Å². The first-order valence-electron chi connectivity index (χ1n) is 6.51. The van der Waals surface area contributed by atoms with Gasteiger partial charge in [-0.2, -0.15) is 0 Å². The van der Waals surface area contributed by atoms with Gasteiger partial charge in [-0.05, 0) is 31.7 Å². The van der Waals surface area contributed by atoms with Gasteiger partial charge in [0.25, 0.3) is 0 Å². The molecule has 7 heteroatoms. The monoisotopic (exact) mass is 364 g/mol. The first-order valence-corrected chi connectivity index (χ1v) is 8.96. The Labute approximate surface area is 129 Å². The molecule has 5 nitrogen and oxygen atoms in total. The summed E-state index contributed by atoms with van der Waals surface area (Å²) in [5.41, 5.74) is 1.01. The second-order valence-corrected chi connectivity index (χ2v) is 7.26. The van der Waals surface area contributed by atoms with Gasteiger partial charge in [0.2, 0.25) is 10.0 Å². The van der Waals surface area contributed by atoms with Crippen molar-refractivity contribution in [3.63, 3.8) is 0 Å². The van der Waals surface area contributed by atoms with Crippen LogP contribution in [0.4, 0.5) is 0 Å². The molecule has 0 atom stereocenters. The van der Waals surface area contributed by atoms with Gasteiger partial charge in [0.05, 0.1) is 12.4 Å². The topological polar surface area (TPSA) is 67.4 Å². The van der Waals surface area contributed by atoms with Crippen molar-refractivity contribution in [2.24, 2.45) is 0 Å². The van der Waals surface area contributed by atoms with Gasteiger partial charge in [0, 0.05) is 23.1 Å². The van der Waals surface area contributed by atoms with E-state index in [0.29, 0.717) is 19.7 Å². The fourth-order valence-electron chi connectivity index (χ4n) is 1.57. The number of ether oxygens (including phenoxy) is 1. The standard InChI is InChI=1S/C13H21BrN2O3S/c1-3-7-19-13-5-4-12(14)9-11(13)10-16-6-8-20(17,18)15-2/h4-5,9,15-16H,3,6-8,10H2,1-2H3. The summed E-state index contributed by atoms with van der Waals surface area (Å²) < 4.78 is 31.5. The average molecular weight is 365 g/mol. The highest BCUT2D eigenvalue weighted by Crippen LogP contribution is 2.23. The number of halogens is 1. The molecule has 2 N–H and O–H groups in total. The maximum absolute atomic E-state index is 11.3. The fourth-order valence-corrected chi connectivity index (χ4v) is 2.60. The molecule has 0 saturated carbocycles. The summed E-state index contributed by atoms with van der Waals surface area (Å²) in [6.07, 6.45) is 0.948. The van der Waals surface area contributed by atoms with Crippen molar-refractivity contribution >= 4 is 26.0 Å². The lowest BCUT2D eigenvalue weighted by Gasteiger charge is -2.12. The van der Waals surface area contributed by atoms with Crippen molar-refractivity contribution in [3.05, 3.63) is 28.2 Å². The SMILES string of the molecule is CCCOc1ccc(Br)cc1CNCCS(=O)(=O)NC. The first-order chi connectivity index (χ1) is 9.48. The molecule has 0 aliphatic heterocycles. The van der Waals surface area contributed by atoms with Crippen LogP contribution < -0.4 is 14.8 Å². The van der Waals surface area contributed by atoms with E-state index in [1.54, 1.807) is 0 Å². The lowest BCUT2D eigenvalue weighted by molar-refractivity contribution is 0.313. The Morgan fingerprint density at radius 1 is 1.35 bits per heavy atom. The van der Waals surface area contributed by atoms with Crippen LogP contribution in [-0.4, -0.2) is 34.4 Å². The Kier molecular flexibility index (Phi) is 7.50. The van der Waals surface area contributed by atoms with E-state index in [1.807, 2.05) is 18.2 Å². The smallest absolute Gasteiger partial charge is 0.212 e. The van der Waals surface area contributed by atoms with Gasteiger partial charge in [-0.25, -0.2) is 13.1 Å². The van der Waals surface area contributed by atoms with Gasteiger partial charge in [-0.15, -0.1) is 0 Å². The minimum absolute atomic E-state index is 0.0582. The van der Waals surface area contributed by atoms with Crippen LogP contribution in [0.25, 0.3) is 0 Å². The molecule has 0 fully saturated rings. The summed E-state index contributed by atoms with van der Waals surface area (Å²) in [5.74, 6) is 0.891. The van der Waals surface area contributed by atoms with E-state index in [9.17, 15) is 8.42 Å². The largest absolute Gasteiger partial charge is 0.493 e. The highest BCUT2D eigenvalue weighted by molar-refractivity contribution is 9.10. The van der Waals surface area contributed by atoms with E-state index in [0.717, 1.165) is 22.2 Å². The van der Waals surface area contributed by atoms with Crippen molar-refractivity contribution < 1.29 is 13.2 Å². The number of nitrogens with one attached hydrogen (secondary N) is 2. The van der Waals surface area contributed by atoms with Crippen molar-refractivity contribution in [1.82, 2.24) is 10.0 Å². The Hall–Kier alpha value is -0.630. The molecule has 1 aromatic carbocycles. The number of hydrogen-bond donors (Lipinski definition) is 2. The maximum atomic E-state index is 11.3. The summed E-state index contributed by atoms with van der Waals surface area (Å²) in [5, 5.41) is 3.12. The lowest BCUT2D eigenvalue weighted by Crippen LogP contribution is -2.29. The first kappa shape index (κ1) is 17.4. The van der Waals surface area contributed by atoms with Crippen LogP contribution in [0.5, 0.6) is 5.75 Å². The van der Waals surface area contributed by atoms with Crippen LogP contribution in [0, 0.1) is 0 Å². The van der Waals surface area contributed by atoms with E-state index >= 15 is 0 Å². The van der Waals surface area contributed by atoms with Crippen LogP contribution in [0.15, 0.2) is 22.7 Å². The molecule has 0 aromatic heterocycles. The minimum atomic E-state index is -3.16. The van der Waals surface area contributed by atoms with E-state index in [4.69, 9.17) is 4.74 Å². The minimum Gasteiger partial charge on any atom is -0.493 e. The molecule has 0 radical (unpaired) electrons. The molecular weight excluding hydrogens is 344 g/mol. The zero-order valence-corrected chi connectivity index (χ0v) is 14.2. The van der Waals surface area contributed by atoms with Crippen LogP contribution in [0.3, 0.4) is 0 Å². The third-order valence-electron chi connectivity index (χ3n) is 2.66. The summed E-state index contributed by atoms with van der Waals surface area (Å²) in [6.45, 7) is 3.68. The molecule has 1 aromatic rings. The maximum Gasteiger partial charge on any atom is 0.212 e. The number of sulfonamides is 1. The highest BCUT2D eigenvalue weighted by Gasteiger charge is 2.07. The van der Waals surface area contributed by atoms with Crippen molar-refractivity contribution in [3.8, 4) is 5.75 Å². The molecular formula is C13H21BrN2O3S. The summed E-state index contributed by atoms with van der Waals surface area (Å²) in [7, 11) is -1.74. The molecule has 0 aliphatic rings. The molecule has 0 bridgehead atoms. The van der Waals surface area contributed by atoms with E-state index < -0.39 is 10.0 Å². The Balaban J connectivity index is 2.55. The van der Waals surface area contributed by atoms with Crippen LogP contribution in [0.1, 0.15) is 18.9 Å². The fraction of sp³-hybridized carbons (Fsp3) is 0.538. The highest BCUT2D eigenvalue weighted by atomic mass is 79.9. The van der Waals surface area contributed by atoms with Gasteiger partial charge in [-0.3, -0.25) is 0 Å². The predicted octanol–water partition coefficient (Wildman–Crippen LogP) is 1.88. The van der Waals surface area contributed by atoms with Gasteiger partial charge >= 0.3 is 0 Å². The second kappa shape index (κ2) is 8.61. The quantitative estimate of drug-likeness (QED) is 0.656. The third kappa shape index (κ3) is 6.21. The molecule has 20 heavy (non-hydrogen) atoms. The molecule has 0 heterocycles. The van der Waals surface area contributed by atoms with Crippen LogP contribution in [-0.2, 0) is 16.6 Å². The Morgan fingerprint density at radius 2 is 2.10 bits per heavy atom. The van der Waals surface area contributed by atoms with Gasteiger partial charge in [-0.1, -0.05) is 22.9 Å². The molecule has 0 amide bonds. The average Bonchev–Trinajstić information content (AvgIpc) is 2.42. The summed E-state index contributed by atoms with van der Waals surface area (Å²) >= 11 is 3.43. The molecule has 0 unspecified atom stereocenters. The third-order valence-corrected chi connectivity index (χ3v) is 4.52. The molecule has 114 valence electrons. The van der Waals surface area contributed by atoms with Gasteiger partial charge in [0.15, 0.2) is 0 Å². The molecule has 0 spiro atoms. The van der Waals surface area contributed by atoms with Crippen LogP contribution >= 0.6 is 15.9 Å². The van der Waals surface area contributed by atoms with Crippen molar-refractivity contribution in [1.29, 1.82) is 0 Å². The summed E-state index contributed by atoms with van der Waals surface area (Å²) in [6, 6.07) is 5.83. The van der Waals surface area contributed by atoms with E-state index in [-0.39, 0.29) is 5.75 Å². The number of benzene rings is 1. The zero-order valence-electron chi connectivity index (χ0n) is 11.8. The Morgan fingerprint density at radius 3 is 2.75 bits per heavy atom. The van der Waals surface area contributed by atoms with Crippen LogP contribution in [0.2, 0.25) is 0 Å².